The molecule has 1 amide bonds. The van der Waals surface area contributed by atoms with Crippen LogP contribution in [0, 0.1) is 17.3 Å². The topological polar surface area (TPSA) is 75.6 Å². The highest BCUT2D eigenvalue weighted by atomic mass is 79.9. The fraction of sp³-hybridized carbons (Fsp3) is 0.600. The fourth-order valence-electron chi connectivity index (χ4n) is 5.60. The van der Waals surface area contributed by atoms with E-state index < -0.39 is 17.1 Å². The SMILES string of the molecule is C[C@H](OC(=O)C12C[C@@H]3C[C@@H](CC(O)(C3)C1)C2)C(=O)Nc1cccc(Br)c1. The van der Waals surface area contributed by atoms with Crippen molar-refractivity contribution >= 4 is 33.5 Å². The number of benzene rings is 1. The average molecular weight is 422 g/mol. The first-order valence-corrected chi connectivity index (χ1v) is 10.1. The van der Waals surface area contributed by atoms with E-state index in [4.69, 9.17) is 4.74 Å². The number of nitrogens with one attached hydrogen (secondary N) is 1. The molecule has 5 atom stereocenters. The van der Waals surface area contributed by atoms with Crippen LogP contribution in [0.15, 0.2) is 28.7 Å². The molecule has 140 valence electrons. The minimum absolute atomic E-state index is 0.318. The van der Waals surface area contributed by atoms with Gasteiger partial charge in [0.2, 0.25) is 0 Å². The molecule has 4 fully saturated rings. The van der Waals surface area contributed by atoms with Crippen LogP contribution in [0.5, 0.6) is 0 Å². The van der Waals surface area contributed by atoms with Crippen molar-refractivity contribution in [2.75, 3.05) is 5.32 Å². The molecule has 4 bridgehead atoms. The molecule has 1 aromatic carbocycles. The number of hydrogen-bond donors (Lipinski definition) is 2. The van der Waals surface area contributed by atoms with Crippen molar-refractivity contribution < 1.29 is 19.4 Å². The van der Waals surface area contributed by atoms with Crippen molar-refractivity contribution in [2.24, 2.45) is 17.3 Å². The van der Waals surface area contributed by atoms with E-state index in [0.29, 0.717) is 23.9 Å². The van der Waals surface area contributed by atoms with Crippen molar-refractivity contribution in [3.8, 4) is 0 Å². The molecule has 2 N–H and O–H groups in total. The minimum Gasteiger partial charge on any atom is -0.452 e. The van der Waals surface area contributed by atoms with Crippen LogP contribution in [-0.4, -0.2) is 28.7 Å². The standard InChI is InChI=1S/C20H24BrNO4/c1-12(17(23)22-16-4-2-3-15(21)6-16)26-18(24)19-7-13-5-14(8-19)10-20(25,9-13)11-19/h2-4,6,12-14,25H,5,7-11H2,1H3,(H,22,23)/t12-,13-,14+,19?,20?/m0/s1. The number of ether oxygens (including phenoxy) is 1. The third kappa shape index (κ3) is 3.29. The molecule has 4 saturated carbocycles. The molecular weight excluding hydrogens is 398 g/mol. The highest BCUT2D eigenvalue weighted by molar-refractivity contribution is 9.10. The number of amides is 1. The molecule has 0 radical (unpaired) electrons. The van der Waals surface area contributed by atoms with Crippen molar-refractivity contribution in [3.05, 3.63) is 28.7 Å². The number of hydrogen-bond acceptors (Lipinski definition) is 4. The van der Waals surface area contributed by atoms with Crippen molar-refractivity contribution in [3.63, 3.8) is 0 Å². The molecule has 26 heavy (non-hydrogen) atoms. The third-order valence-electron chi connectivity index (χ3n) is 6.21. The molecule has 0 aliphatic heterocycles. The van der Waals surface area contributed by atoms with Crippen LogP contribution >= 0.6 is 15.9 Å². The van der Waals surface area contributed by atoms with Gasteiger partial charge in [-0.15, -0.1) is 0 Å². The summed E-state index contributed by atoms with van der Waals surface area (Å²) in [4.78, 5) is 25.3. The zero-order valence-electron chi connectivity index (χ0n) is 14.8. The van der Waals surface area contributed by atoms with E-state index in [1.54, 1.807) is 19.1 Å². The maximum Gasteiger partial charge on any atom is 0.312 e. The Morgan fingerprint density at radius 3 is 2.58 bits per heavy atom. The highest BCUT2D eigenvalue weighted by Gasteiger charge is 2.61. The zero-order valence-corrected chi connectivity index (χ0v) is 16.4. The van der Waals surface area contributed by atoms with Crippen LogP contribution in [-0.2, 0) is 14.3 Å². The summed E-state index contributed by atoms with van der Waals surface area (Å²) in [5.74, 6) is 0.140. The second-order valence-electron chi connectivity index (χ2n) is 8.51. The van der Waals surface area contributed by atoms with Gasteiger partial charge in [-0.3, -0.25) is 9.59 Å². The number of esters is 1. The van der Waals surface area contributed by atoms with E-state index in [1.807, 2.05) is 12.1 Å². The lowest BCUT2D eigenvalue weighted by molar-refractivity contribution is -0.199. The van der Waals surface area contributed by atoms with Crippen LogP contribution < -0.4 is 5.32 Å². The van der Waals surface area contributed by atoms with Crippen molar-refractivity contribution in [1.29, 1.82) is 0 Å². The Morgan fingerprint density at radius 2 is 1.96 bits per heavy atom. The van der Waals surface area contributed by atoms with Crippen LogP contribution in [0.3, 0.4) is 0 Å². The lowest BCUT2D eigenvalue weighted by Crippen LogP contribution is -2.59. The van der Waals surface area contributed by atoms with E-state index in [2.05, 4.69) is 21.2 Å². The fourth-order valence-corrected chi connectivity index (χ4v) is 6.00. The summed E-state index contributed by atoms with van der Waals surface area (Å²) in [5.41, 5.74) is -0.676. The summed E-state index contributed by atoms with van der Waals surface area (Å²) in [6, 6.07) is 7.27. The lowest BCUT2D eigenvalue weighted by Gasteiger charge is -2.58. The second-order valence-corrected chi connectivity index (χ2v) is 9.43. The number of rotatable bonds is 4. The van der Waals surface area contributed by atoms with E-state index in [0.717, 1.165) is 36.6 Å². The van der Waals surface area contributed by atoms with Gasteiger partial charge in [-0.05, 0) is 75.5 Å². The number of aliphatic hydroxyl groups is 1. The predicted octanol–water partition coefficient (Wildman–Crippen LogP) is 3.65. The molecule has 5 nitrogen and oxygen atoms in total. The Kier molecular flexibility index (Phi) is 4.39. The summed E-state index contributed by atoms with van der Waals surface area (Å²) in [6.07, 6.45) is 3.88. The molecule has 4 aliphatic carbocycles. The van der Waals surface area contributed by atoms with E-state index in [1.165, 1.54) is 0 Å². The van der Waals surface area contributed by atoms with Gasteiger partial charge < -0.3 is 15.2 Å². The first kappa shape index (κ1) is 18.0. The second kappa shape index (κ2) is 6.34. The third-order valence-corrected chi connectivity index (χ3v) is 6.70. The molecular formula is C20H24BrNO4. The van der Waals surface area contributed by atoms with Crippen molar-refractivity contribution in [2.45, 2.75) is 57.2 Å². The maximum atomic E-state index is 12.9. The molecule has 0 saturated heterocycles. The summed E-state index contributed by atoms with van der Waals surface area (Å²) in [7, 11) is 0. The zero-order chi connectivity index (χ0) is 18.5. The Morgan fingerprint density at radius 1 is 1.27 bits per heavy atom. The van der Waals surface area contributed by atoms with Gasteiger partial charge >= 0.3 is 5.97 Å². The molecule has 0 aromatic heterocycles. The van der Waals surface area contributed by atoms with E-state index in [9.17, 15) is 14.7 Å². The minimum atomic E-state index is -0.871. The number of carbonyl (C=O) groups excluding carboxylic acids is 2. The van der Waals surface area contributed by atoms with Gasteiger partial charge in [0.15, 0.2) is 6.10 Å². The molecule has 0 heterocycles. The van der Waals surface area contributed by atoms with E-state index >= 15 is 0 Å². The summed E-state index contributed by atoms with van der Waals surface area (Å²) in [5, 5.41) is 13.6. The summed E-state index contributed by atoms with van der Waals surface area (Å²) in [6.45, 7) is 1.60. The van der Waals surface area contributed by atoms with Crippen molar-refractivity contribution in [1.82, 2.24) is 0 Å². The Hall–Kier alpha value is -1.40. The molecule has 5 rings (SSSR count). The molecule has 6 heteroatoms. The van der Waals surface area contributed by atoms with Gasteiger partial charge in [0.25, 0.3) is 5.91 Å². The molecule has 0 spiro atoms. The monoisotopic (exact) mass is 421 g/mol. The van der Waals surface area contributed by atoms with Gasteiger partial charge in [-0.25, -0.2) is 0 Å². The normalized spacial score (nSPS) is 35.8. The summed E-state index contributed by atoms with van der Waals surface area (Å²) >= 11 is 3.36. The molecule has 2 unspecified atom stereocenters. The van der Waals surface area contributed by atoms with Gasteiger partial charge in [-0.2, -0.15) is 0 Å². The smallest absolute Gasteiger partial charge is 0.312 e. The van der Waals surface area contributed by atoms with Crippen LogP contribution in [0.1, 0.15) is 45.4 Å². The maximum absolute atomic E-state index is 12.9. The first-order chi connectivity index (χ1) is 12.3. The first-order valence-electron chi connectivity index (χ1n) is 9.27. The quantitative estimate of drug-likeness (QED) is 0.727. The predicted molar refractivity (Wildman–Crippen MR) is 100 cm³/mol. The molecule has 1 aromatic rings. The summed E-state index contributed by atoms with van der Waals surface area (Å²) < 4.78 is 6.43. The lowest BCUT2D eigenvalue weighted by atomic mass is 9.48. The number of halogens is 1. The van der Waals surface area contributed by atoms with Gasteiger partial charge in [0.05, 0.1) is 11.0 Å². The van der Waals surface area contributed by atoms with Gasteiger partial charge in [0, 0.05) is 10.2 Å². The van der Waals surface area contributed by atoms with E-state index in [-0.39, 0.29) is 11.9 Å². The van der Waals surface area contributed by atoms with Gasteiger partial charge in [0.1, 0.15) is 0 Å². The van der Waals surface area contributed by atoms with Crippen LogP contribution in [0.25, 0.3) is 0 Å². The number of anilines is 1. The Bertz CT molecular complexity index is 735. The largest absolute Gasteiger partial charge is 0.452 e. The number of carbonyl (C=O) groups is 2. The Balaban J connectivity index is 1.42. The Labute approximate surface area is 161 Å². The highest BCUT2D eigenvalue weighted by Crippen LogP contribution is 2.62. The van der Waals surface area contributed by atoms with Gasteiger partial charge in [-0.1, -0.05) is 22.0 Å². The van der Waals surface area contributed by atoms with Crippen LogP contribution in [0.2, 0.25) is 0 Å². The van der Waals surface area contributed by atoms with Crippen LogP contribution in [0.4, 0.5) is 5.69 Å². The molecule has 4 aliphatic rings. The average Bonchev–Trinajstić information content (AvgIpc) is 2.52.